The molecule has 2 aliphatic rings. The van der Waals surface area contributed by atoms with Crippen LogP contribution in [0.4, 0.5) is 0 Å². The highest BCUT2D eigenvalue weighted by atomic mass is 16.7. The van der Waals surface area contributed by atoms with Gasteiger partial charge < -0.3 is 14.4 Å². The fraction of sp³-hybridized carbons (Fsp3) is 0.625. The van der Waals surface area contributed by atoms with Crippen molar-refractivity contribution in [2.45, 2.75) is 38.5 Å². The van der Waals surface area contributed by atoms with Gasteiger partial charge in [-0.2, -0.15) is 0 Å². The minimum Gasteiger partial charge on any atom is -0.352 e. The van der Waals surface area contributed by atoms with Crippen LogP contribution < -0.4 is 0 Å². The fourth-order valence-corrected chi connectivity index (χ4v) is 3.12. The molecule has 2 fully saturated rings. The first-order valence-electron chi connectivity index (χ1n) is 7.66. The van der Waals surface area contributed by atoms with Crippen molar-refractivity contribution in [3.8, 4) is 0 Å². The van der Waals surface area contributed by atoms with Crippen LogP contribution in [-0.4, -0.2) is 41.8 Å². The molecule has 0 N–H and O–H groups in total. The van der Waals surface area contributed by atoms with Crippen molar-refractivity contribution in [3.05, 3.63) is 30.1 Å². The van der Waals surface area contributed by atoms with Crippen LogP contribution in [0.3, 0.4) is 0 Å². The second-order valence-electron chi connectivity index (χ2n) is 5.92. The summed E-state index contributed by atoms with van der Waals surface area (Å²) in [4.78, 5) is 18.7. The number of hydrogen-bond acceptors (Lipinski definition) is 4. The number of aromatic nitrogens is 1. The fourth-order valence-electron chi connectivity index (χ4n) is 3.12. The summed E-state index contributed by atoms with van der Waals surface area (Å²) in [6, 6.07) is 4.10. The van der Waals surface area contributed by atoms with Gasteiger partial charge in [-0.15, -0.1) is 0 Å². The molecule has 5 nitrogen and oxygen atoms in total. The van der Waals surface area contributed by atoms with Gasteiger partial charge in [-0.1, -0.05) is 13.0 Å². The lowest BCUT2D eigenvalue weighted by Gasteiger charge is -2.28. The molecule has 5 heteroatoms. The van der Waals surface area contributed by atoms with Gasteiger partial charge in [0, 0.05) is 18.9 Å². The first-order chi connectivity index (χ1) is 10.2. The molecule has 0 spiro atoms. The van der Waals surface area contributed by atoms with Crippen LogP contribution in [0.5, 0.6) is 0 Å². The van der Waals surface area contributed by atoms with E-state index in [1.807, 2.05) is 23.2 Å². The van der Waals surface area contributed by atoms with Crippen LogP contribution in [-0.2, 0) is 14.3 Å². The maximum Gasteiger partial charge on any atom is 0.228 e. The third-order valence-corrected chi connectivity index (χ3v) is 4.14. The number of amides is 1. The molecule has 0 radical (unpaired) electrons. The zero-order valence-electron chi connectivity index (χ0n) is 12.4. The van der Waals surface area contributed by atoms with Crippen molar-refractivity contribution in [3.63, 3.8) is 0 Å². The average molecular weight is 290 g/mol. The van der Waals surface area contributed by atoms with Gasteiger partial charge in [0.25, 0.3) is 0 Å². The molecular formula is C16H22N2O3. The summed E-state index contributed by atoms with van der Waals surface area (Å²) in [5.41, 5.74) is 1.11. The van der Waals surface area contributed by atoms with Crippen molar-refractivity contribution in [2.75, 3.05) is 19.8 Å². The summed E-state index contributed by atoms with van der Waals surface area (Å²) >= 11 is 0. The Hall–Kier alpha value is -1.46. The molecule has 3 rings (SSSR count). The predicted molar refractivity (Wildman–Crippen MR) is 77.4 cm³/mol. The zero-order valence-corrected chi connectivity index (χ0v) is 12.4. The summed E-state index contributed by atoms with van der Waals surface area (Å²) in [5, 5.41) is 0. The number of carbonyl (C=O) groups is 1. The molecule has 114 valence electrons. The van der Waals surface area contributed by atoms with Crippen LogP contribution >= 0.6 is 0 Å². The van der Waals surface area contributed by atoms with Gasteiger partial charge >= 0.3 is 0 Å². The third kappa shape index (κ3) is 3.41. The van der Waals surface area contributed by atoms with Crippen molar-refractivity contribution >= 4 is 5.91 Å². The van der Waals surface area contributed by atoms with Crippen LogP contribution in [0, 0.1) is 5.92 Å². The molecule has 21 heavy (non-hydrogen) atoms. The summed E-state index contributed by atoms with van der Waals surface area (Å²) in [6.45, 7) is 4.34. The van der Waals surface area contributed by atoms with Gasteiger partial charge in [0.15, 0.2) is 6.29 Å². The molecular weight excluding hydrogens is 268 g/mol. The molecule has 2 aliphatic heterocycles. The lowest BCUT2D eigenvalue weighted by atomic mass is 10.0. The molecule has 1 amide bonds. The Morgan fingerprint density at radius 3 is 2.95 bits per heavy atom. The lowest BCUT2D eigenvalue weighted by Crippen LogP contribution is -2.36. The molecule has 0 aliphatic carbocycles. The Morgan fingerprint density at radius 1 is 1.43 bits per heavy atom. The third-order valence-electron chi connectivity index (χ3n) is 4.14. The Balaban J connectivity index is 1.68. The highest BCUT2D eigenvalue weighted by Crippen LogP contribution is 2.35. The quantitative estimate of drug-likeness (QED) is 0.856. The Bertz CT molecular complexity index is 474. The van der Waals surface area contributed by atoms with Crippen molar-refractivity contribution in [2.24, 2.45) is 5.92 Å². The topological polar surface area (TPSA) is 51.7 Å². The van der Waals surface area contributed by atoms with Crippen molar-refractivity contribution in [1.29, 1.82) is 0 Å². The highest BCUT2D eigenvalue weighted by molar-refractivity contribution is 5.77. The van der Waals surface area contributed by atoms with Crippen LogP contribution in [0.15, 0.2) is 24.5 Å². The summed E-state index contributed by atoms with van der Waals surface area (Å²) < 4.78 is 11.0. The van der Waals surface area contributed by atoms with Crippen LogP contribution in [0.25, 0.3) is 0 Å². The Morgan fingerprint density at radius 2 is 2.24 bits per heavy atom. The predicted octanol–water partition coefficient (Wildman–Crippen LogP) is 2.14. The smallest absolute Gasteiger partial charge is 0.228 e. The molecule has 3 heterocycles. The van der Waals surface area contributed by atoms with E-state index in [0.29, 0.717) is 25.6 Å². The van der Waals surface area contributed by atoms with Gasteiger partial charge in [0.1, 0.15) is 0 Å². The number of nitrogens with zero attached hydrogens (tertiary/aromatic N) is 2. The number of likely N-dealkylation sites (tertiary alicyclic amines) is 1. The molecule has 0 saturated carbocycles. The van der Waals surface area contributed by atoms with E-state index in [-0.39, 0.29) is 18.2 Å². The van der Waals surface area contributed by atoms with E-state index in [1.165, 1.54) is 0 Å². The van der Waals surface area contributed by atoms with Crippen molar-refractivity contribution < 1.29 is 14.3 Å². The number of ether oxygens (including phenoxy) is 2. The van der Waals surface area contributed by atoms with Crippen molar-refractivity contribution in [1.82, 2.24) is 9.88 Å². The molecule has 1 aromatic rings. The maximum atomic E-state index is 12.6. The van der Waals surface area contributed by atoms with E-state index >= 15 is 0 Å². The maximum absolute atomic E-state index is 12.6. The summed E-state index contributed by atoms with van der Waals surface area (Å²) in [5.74, 6) is 0.618. The second-order valence-corrected chi connectivity index (χ2v) is 5.92. The first-order valence-corrected chi connectivity index (χ1v) is 7.66. The van der Waals surface area contributed by atoms with Gasteiger partial charge in [0.2, 0.25) is 5.91 Å². The van der Waals surface area contributed by atoms with E-state index in [0.717, 1.165) is 24.9 Å². The second kappa shape index (κ2) is 6.54. The van der Waals surface area contributed by atoms with Gasteiger partial charge in [-0.3, -0.25) is 9.78 Å². The van der Waals surface area contributed by atoms with Gasteiger partial charge in [0.05, 0.1) is 25.7 Å². The standard InChI is InChI=1S/C16H22N2O3/c1-12-8-14(13-4-2-5-17-10-13)18(11-12)15(19)9-16-20-6-3-7-21-16/h2,4-5,10,12,14,16H,3,6-9,11H2,1H3. The van der Waals surface area contributed by atoms with E-state index in [4.69, 9.17) is 9.47 Å². The van der Waals surface area contributed by atoms with Crippen LogP contribution in [0.2, 0.25) is 0 Å². The van der Waals surface area contributed by atoms with E-state index < -0.39 is 0 Å². The molecule has 2 unspecified atom stereocenters. The molecule has 2 atom stereocenters. The first kappa shape index (κ1) is 14.5. The Labute approximate surface area is 125 Å². The largest absolute Gasteiger partial charge is 0.352 e. The normalized spacial score (nSPS) is 27.0. The minimum absolute atomic E-state index is 0.111. The summed E-state index contributed by atoms with van der Waals surface area (Å²) in [6.07, 6.45) is 5.45. The number of hydrogen-bond donors (Lipinski definition) is 0. The zero-order chi connectivity index (χ0) is 14.7. The molecule has 1 aromatic heterocycles. The lowest BCUT2D eigenvalue weighted by molar-refractivity contribution is -0.187. The number of carbonyl (C=O) groups excluding carboxylic acids is 1. The summed E-state index contributed by atoms with van der Waals surface area (Å²) in [7, 11) is 0. The van der Waals surface area contributed by atoms with Crippen LogP contribution in [0.1, 0.15) is 37.8 Å². The minimum atomic E-state index is -0.378. The van der Waals surface area contributed by atoms with Gasteiger partial charge in [-0.25, -0.2) is 0 Å². The molecule has 2 saturated heterocycles. The Kier molecular flexibility index (Phi) is 4.51. The average Bonchev–Trinajstić information content (AvgIpc) is 2.91. The van der Waals surface area contributed by atoms with E-state index in [9.17, 15) is 4.79 Å². The van der Waals surface area contributed by atoms with E-state index in [1.54, 1.807) is 6.20 Å². The van der Waals surface area contributed by atoms with Gasteiger partial charge in [-0.05, 0) is 30.4 Å². The molecule has 0 aromatic carbocycles. The highest BCUT2D eigenvalue weighted by Gasteiger charge is 2.35. The number of pyridine rings is 1. The van der Waals surface area contributed by atoms with E-state index in [2.05, 4.69) is 11.9 Å². The monoisotopic (exact) mass is 290 g/mol. The SMILES string of the molecule is CC1CC(c2cccnc2)N(C(=O)CC2OCCCO2)C1. The molecule has 0 bridgehead atoms. The number of rotatable bonds is 3.